The molecule has 7 heteroatoms. The van der Waals surface area contributed by atoms with Gasteiger partial charge in [-0.3, -0.25) is 4.90 Å². The molecule has 4 N–H and O–H groups in total. The van der Waals surface area contributed by atoms with E-state index < -0.39 is 0 Å². The van der Waals surface area contributed by atoms with E-state index in [1.54, 1.807) is 18.2 Å². The molecule has 4 rings (SSSR count). The molecule has 5 nitrogen and oxygen atoms in total. The third kappa shape index (κ3) is 4.38. The normalized spacial score (nSPS) is 25.0. The minimum Gasteiger partial charge on any atom is -0.389 e. The van der Waals surface area contributed by atoms with Crippen molar-refractivity contribution in [1.82, 2.24) is 14.4 Å². The maximum atomic E-state index is 14.0. The number of aromatic nitrogens is 1. The Balaban J connectivity index is 1.32. The number of halogens is 2. The van der Waals surface area contributed by atoms with E-state index in [-0.39, 0.29) is 11.0 Å². The van der Waals surface area contributed by atoms with E-state index in [2.05, 4.69) is 20.6 Å². The minimum absolute atomic E-state index is 0.134. The fourth-order valence-corrected chi connectivity index (χ4v) is 4.85. The van der Waals surface area contributed by atoms with Crippen molar-refractivity contribution in [3.05, 3.63) is 59.4 Å². The number of fused-ring (bicyclic) bond motifs is 1. The van der Waals surface area contributed by atoms with Crippen LogP contribution in [-0.2, 0) is 0 Å². The number of rotatable bonds is 4. The van der Waals surface area contributed by atoms with Crippen LogP contribution in [0.1, 0.15) is 31.7 Å². The van der Waals surface area contributed by atoms with Gasteiger partial charge < -0.3 is 20.9 Å². The molecule has 2 heterocycles. The lowest BCUT2D eigenvalue weighted by Crippen LogP contribution is -2.51. The zero-order valence-corrected chi connectivity index (χ0v) is 17.4. The molecule has 0 unspecified atom stereocenters. The highest BCUT2D eigenvalue weighted by molar-refractivity contribution is 6.29. The molecule has 0 bridgehead atoms. The summed E-state index contributed by atoms with van der Waals surface area (Å²) < 4.78 is 16.3. The third-order valence-electron chi connectivity index (χ3n) is 6.38. The van der Waals surface area contributed by atoms with Crippen molar-refractivity contribution in [2.24, 2.45) is 11.5 Å². The fourth-order valence-electron chi connectivity index (χ4n) is 4.79. The first-order valence-corrected chi connectivity index (χ1v) is 10.7. The van der Waals surface area contributed by atoms with Crippen molar-refractivity contribution < 1.29 is 4.39 Å². The smallest absolute Gasteiger partial charge is 0.132 e. The molecule has 2 fully saturated rings. The van der Waals surface area contributed by atoms with Crippen LogP contribution in [0.15, 0.2) is 53.6 Å². The van der Waals surface area contributed by atoms with E-state index in [1.165, 1.54) is 18.9 Å². The summed E-state index contributed by atoms with van der Waals surface area (Å²) in [6, 6.07) is 8.34. The van der Waals surface area contributed by atoms with Crippen molar-refractivity contribution in [1.29, 1.82) is 0 Å². The quantitative estimate of drug-likeness (QED) is 0.587. The van der Waals surface area contributed by atoms with Gasteiger partial charge >= 0.3 is 0 Å². The molecule has 1 aliphatic heterocycles. The van der Waals surface area contributed by atoms with Crippen LogP contribution >= 0.6 is 11.6 Å². The molecule has 2 aromatic rings. The summed E-state index contributed by atoms with van der Waals surface area (Å²) in [4.78, 5) is 4.78. The van der Waals surface area contributed by atoms with Crippen molar-refractivity contribution in [3.8, 4) is 0 Å². The Bertz CT molecular complexity index is 901. The van der Waals surface area contributed by atoms with Crippen LogP contribution in [0.2, 0.25) is 0 Å². The summed E-state index contributed by atoms with van der Waals surface area (Å²) in [6.07, 6.45) is 10.1. The maximum absolute atomic E-state index is 14.0. The molecule has 29 heavy (non-hydrogen) atoms. The predicted molar refractivity (Wildman–Crippen MR) is 117 cm³/mol. The molecule has 0 radical (unpaired) electrons. The Labute approximate surface area is 176 Å². The van der Waals surface area contributed by atoms with Gasteiger partial charge in [0.2, 0.25) is 0 Å². The second-order valence-electron chi connectivity index (χ2n) is 8.02. The predicted octanol–water partition coefficient (Wildman–Crippen LogP) is 3.72. The molecule has 1 aliphatic carbocycles. The van der Waals surface area contributed by atoms with Crippen molar-refractivity contribution in [2.75, 3.05) is 26.2 Å². The molecule has 1 aromatic carbocycles. The third-order valence-corrected chi connectivity index (χ3v) is 6.50. The summed E-state index contributed by atoms with van der Waals surface area (Å²) in [5.74, 6) is 0.578. The highest BCUT2D eigenvalue weighted by Crippen LogP contribution is 2.34. The van der Waals surface area contributed by atoms with Crippen molar-refractivity contribution >= 4 is 22.5 Å². The van der Waals surface area contributed by atoms with Crippen LogP contribution in [0.5, 0.6) is 0 Å². The SMILES string of the molecule is N/C(Cl)=C\C=C(/N)N1CCN(C2CCC(n3ccc4c(F)cccc43)CC2)CC1. The first kappa shape index (κ1) is 20.1. The van der Waals surface area contributed by atoms with E-state index in [4.69, 9.17) is 23.1 Å². The van der Waals surface area contributed by atoms with Gasteiger partial charge in [0.05, 0.1) is 16.5 Å². The first-order valence-electron chi connectivity index (χ1n) is 10.4. The lowest BCUT2D eigenvalue weighted by atomic mass is 9.89. The Morgan fingerprint density at radius 2 is 1.66 bits per heavy atom. The number of allylic oxidation sites excluding steroid dienone is 2. The minimum atomic E-state index is -0.134. The monoisotopic (exact) mass is 417 g/mol. The van der Waals surface area contributed by atoms with Gasteiger partial charge in [0.1, 0.15) is 5.82 Å². The Morgan fingerprint density at radius 1 is 0.966 bits per heavy atom. The molecule has 156 valence electrons. The summed E-state index contributed by atoms with van der Waals surface area (Å²) in [5, 5.41) is 0.962. The Hall–Kier alpha value is -2.18. The highest BCUT2D eigenvalue weighted by atomic mass is 35.5. The number of hydrogen-bond donors (Lipinski definition) is 2. The molecule has 1 aromatic heterocycles. The molecule has 1 saturated heterocycles. The summed E-state index contributed by atoms with van der Waals surface area (Å²) in [6.45, 7) is 3.86. The first-order chi connectivity index (χ1) is 14.0. The van der Waals surface area contributed by atoms with Gasteiger partial charge in [0.15, 0.2) is 0 Å². The van der Waals surface area contributed by atoms with Crippen molar-refractivity contribution in [2.45, 2.75) is 37.8 Å². The number of benzene rings is 1. The zero-order valence-electron chi connectivity index (χ0n) is 16.6. The van der Waals surface area contributed by atoms with Gasteiger partial charge in [-0.2, -0.15) is 0 Å². The molecule has 0 atom stereocenters. The van der Waals surface area contributed by atoms with E-state index >= 15 is 0 Å². The van der Waals surface area contributed by atoms with Gasteiger partial charge in [0.25, 0.3) is 0 Å². The second kappa shape index (κ2) is 8.67. The summed E-state index contributed by atoms with van der Waals surface area (Å²) in [7, 11) is 0. The summed E-state index contributed by atoms with van der Waals surface area (Å²) >= 11 is 5.67. The van der Waals surface area contributed by atoms with Crippen LogP contribution in [0.3, 0.4) is 0 Å². The Kier molecular flexibility index (Phi) is 6.01. The van der Waals surface area contributed by atoms with E-state index in [1.807, 2.05) is 12.1 Å². The number of nitrogens with zero attached hydrogens (tertiary/aromatic N) is 3. The van der Waals surface area contributed by atoms with Gasteiger partial charge in [0, 0.05) is 49.8 Å². The standard InChI is InChI=1S/C22H29ClFN5/c23-21(25)8-9-22(26)28-14-12-27(13-15-28)16-4-6-17(7-5-16)29-11-10-18-19(24)2-1-3-20(18)29/h1-3,8-11,16-17H,4-7,12-15,25-26H2/b21-8-,22-9+. The molecular formula is C22H29ClFN5. The van der Waals surface area contributed by atoms with Crippen LogP contribution in [0.25, 0.3) is 10.9 Å². The van der Waals surface area contributed by atoms with E-state index in [0.717, 1.165) is 49.9 Å². The largest absolute Gasteiger partial charge is 0.389 e. The lowest BCUT2D eigenvalue weighted by molar-refractivity contribution is 0.0849. The molecule has 0 amide bonds. The van der Waals surface area contributed by atoms with Gasteiger partial charge in [-0.25, -0.2) is 4.39 Å². The van der Waals surface area contributed by atoms with E-state index in [0.29, 0.717) is 17.9 Å². The van der Waals surface area contributed by atoms with Crippen LogP contribution < -0.4 is 11.5 Å². The van der Waals surface area contributed by atoms with Gasteiger partial charge in [-0.05, 0) is 56.0 Å². The van der Waals surface area contributed by atoms with Crippen molar-refractivity contribution in [3.63, 3.8) is 0 Å². The average Bonchev–Trinajstić information content (AvgIpc) is 3.18. The second-order valence-corrected chi connectivity index (χ2v) is 8.46. The molecule has 2 aliphatic rings. The molecule has 0 spiro atoms. The molecular weight excluding hydrogens is 389 g/mol. The highest BCUT2D eigenvalue weighted by Gasteiger charge is 2.29. The zero-order chi connectivity index (χ0) is 20.4. The fraction of sp³-hybridized carbons (Fsp3) is 0.455. The topological polar surface area (TPSA) is 63.5 Å². The van der Waals surface area contributed by atoms with Crippen LogP contribution in [0, 0.1) is 5.82 Å². The van der Waals surface area contributed by atoms with E-state index in [9.17, 15) is 4.39 Å². The lowest BCUT2D eigenvalue weighted by Gasteiger charge is -2.42. The Morgan fingerprint density at radius 3 is 2.34 bits per heavy atom. The number of piperazine rings is 1. The van der Waals surface area contributed by atoms with Gasteiger partial charge in [-0.1, -0.05) is 17.7 Å². The van der Waals surface area contributed by atoms with Crippen LogP contribution in [-0.4, -0.2) is 46.6 Å². The number of nitrogens with two attached hydrogens (primary N) is 2. The number of hydrogen-bond acceptors (Lipinski definition) is 4. The summed E-state index contributed by atoms with van der Waals surface area (Å²) in [5.41, 5.74) is 12.6. The average molecular weight is 418 g/mol. The van der Waals surface area contributed by atoms with Crippen LogP contribution in [0.4, 0.5) is 4.39 Å². The van der Waals surface area contributed by atoms with Gasteiger partial charge in [-0.15, -0.1) is 0 Å². The maximum Gasteiger partial charge on any atom is 0.132 e. The molecule has 1 saturated carbocycles.